The Kier molecular flexibility index (Phi) is 5.12. The van der Waals surface area contributed by atoms with E-state index in [1.54, 1.807) is 11.3 Å². The molecule has 1 atom stereocenters. The first-order chi connectivity index (χ1) is 15.6. The van der Waals surface area contributed by atoms with Gasteiger partial charge >= 0.3 is 6.03 Å². The van der Waals surface area contributed by atoms with Gasteiger partial charge in [0.15, 0.2) is 0 Å². The van der Waals surface area contributed by atoms with E-state index in [2.05, 4.69) is 16.7 Å². The SMILES string of the molecule is O=C(NCCC(=O)N1CCCC1c1nc2ccccc2s1)NC12CC3CC(CC(C3)C1)C2. The van der Waals surface area contributed by atoms with E-state index in [0.717, 1.165) is 66.9 Å². The molecule has 2 heterocycles. The first-order valence-corrected chi connectivity index (χ1v) is 13.1. The van der Waals surface area contributed by atoms with Crippen LogP contribution in [0.15, 0.2) is 24.3 Å². The molecule has 3 amide bonds. The van der Waals surface area contributed by atoms with Crippen LogP contribution in [0.1, 0.15) is 68.8 Å². The third-order valence-electron chi connectivity index (χ3n) is 8.21. The van der Waals surface area contributed by atoms with Crippen molar-refractivity contribution in [3.8, 4) is 0 Å². The van der Waals surface area contributed by atoms with Crippen LogP contribution in [0.5, 0.6) is 0 Å². The predicted octanol–water partition coefficient (Wildman–Crippen LogP) is 4.62. The van der Waals surface area contributed by atoms with Gasteiger partial charge in [-0.2, -0.15) is 0 Å². The van der Waals surface area contributed by atoms with Crippen LogP contribution in [0.4, 0.5) is 4.79 Å². The molecule has 7 rings (SSSR count). The number of nitrogens with zero attached hydrogens (tertiary/aromatic N) is 2. The lowest BCUT2D eigenvalue weighted by molar-refractivity contribution is -0.132. The van der Waals surface area contributed by atoms with Gasteiger partial charge in [-0.3, -0.25) is 4.79 Å². The number of amides is 3. The molecule has 0 spiro atoms. The summed E-state index contributed by atoms with van der Waals surface area (Å²) in [5, 5.41) is 7.34. The van der Waals surface area contributed by atoms with Crippen LogP contribution in [-0.4, -0.2) is 40.5 Å². The Morgan fingerprint density at radius 3 is 2.53 bits per heavy atom. The van der Waals surface area contributed by atoms with Crippen molar-refractivity contribution < 1.29 is 9.59 Å². The Morgan fingerprint density at radius 1 is 1.09 bits per heavy atom. The molecule has 1 aromatic carbocycles. The minimum Gasteiger partial charge on any atom is -0.338 e. The summed E-state index contributed by atoms with van der Waals surface area (Å²) < 4.78 is 1.17. The number of thiazole rings is 1. The molecule has 1 saturated heterocycles. The van der Waals surface area contributed by atoms with Crippen molar-refractivity contribution in [2.75, 3.05) is 13.1 Å². The number of para-hydroxylation sites is 1. The number of likely N-dealkylation sites (tertiary alicyclic amines) is 1. The highest BCUT2D eigenvalue weighted by molar-refractivity contribution is 7.18. The first-order valence-electron chi connectivity index (χ1n) is 12.3. The maximum absolute atomic E-state index is 13.0. The summed E-state index contributed by atoms with van der Waals surface area (Å²) in [6.07, 6.45) is 9.83. The van der Waals surface area contributed by atoms with Crippen molar-refractivity contribution in [3.05, 3.63) is 29.3 Å². The van der Waals surface area contributed by atoms with Gasteiger partial charge in [-0.1, -0.05) is 12.1 Å². The van der Waals surface area contributed by atoms with Crippen LogP contribution in [0.2, 0.25) is 0 Å². The van der Waals surface area contributed by atoms with Gasteiger partial charge in [0.05, 0.1) is 16.3 Å². The molecule has 5 aliphatic rings. The van der Waals surface area contributed by atoms with E-state index in [-0.39, 0.29) is 23.5 Å². The lowest BCUT2D eigenvalue weighted by Gasteiger charge is -2.56. The average Bonchev–Trinajstić information content (AvgIpc) is 3.39. The number of hydrogen-bond acceptors (Lipinski definition) is 4. The highest BCUT2D eigenvalue weighted by Gasteiger charge is 2.51. The molecule has 4 bridgehead atoms. The largest absolute Gasteiger partial charge is 0.338 e. The van der Waals surface area contributed by atoms with Crippen molar-refractivity contribution >= 4 is 33.5 Å². The zero-order chi connectivity index (χ0) is 21.7. The van der Waals surface area contributed by atoms with Gasteiger partial charge in [-0.25, -0.2) is 9.78 Å². The van der Waals surface area contributed by atoms with Crippen molar-refractivity contribution in [2.24, 2.45) is 17.8 Å². The second kappa shape index (κ2) is 8.01. The number of benzene rings is 1. The standard InChI is InChI=1S/C25H32N4O2S/c30-22(29-9-3-5-20(29)23-27-19-4-1-2-6-21(19)32-23)7-8-26-24(31)28-25-13-16-10-17(14-25)12-18(11-16)15-25/h1-2,4,6,16-18,20H,3,5,7-15H2,(H2,26,28,31). The molecule has 5 fully saturated rings. The summed E-state index contributed by atoms with van der Waals surface area (Å²) in [5.74, 6) is 2.52. The number of urea groups is 1. The van der Waals surface area contributed by atoms with Crippen LogP contribution in [0, 0.1) is 17.8 Å². The second-order valence-corrected chi connectivity index (χ2v) is 11.7. The summed E-state index contributed by atoms with van der Waals surface area (Å²) in [4.78, 5) is 32.4. The van der Waals surface area contributed by atoms with Gasteiger partial charge in [-0.05, 0) is 81.3 Å². The fourth-order valence-corrected chi connectivity index (χ4v) is 8.45. The van der Waals surface area contributed by atoms with Gasteiger partial charge < -0.3 is 15.5 Å². The van der Waals surface area contributed by atoms with Crippen LogP contribution in [0.3, 0.4) is 0 Å². The van der Waals surface area contributed by atoms with Gasteiger partial charge in [0.1, 0.15) is 5.01 Å². The van der Waals surface area contributed by atoms with Crippen molar-refractivity contribution in [1.29, 1.82) is 0 Å². The quantitative estimate of drug-likeness (QED) is 0.695. The van der Waals surface area contributed by atoms with Gasteiger partial charge in [0, 0.05) is 25.0 Å². The van der Waals surface area contributed by atoms with E-state index in [4.69, 9.17) is 4.98 Å². The zero-order valence-corrected chi connectivity index (χ0v) is 19.3. The molecule has 32 heavy (non-hydrogen) atoms. The molecule has 0 radical (unpaired) electrons. The number of nitrogens with one attached hydrogen (secondary N) is 2. The van der Waals surface area contributed by atoms with Crippen LogP contribution < -0.4 is 10.6 Å². The lowest BCUT2D eigenvalue weighted by Crippen LogP contribution is -2.61. The van der Waals surface area contributed by atoms with Crippen LogP contribution in [-0.2, 0) is 4.79 Å². The van der Waals surface area contributed by atoms with Crippen molar-refractivity contribution in [3.63, 3.8) is 0 Å². The molecular formula is C25H32N4O2S. The molecule has 2 aromatic rings. The second-order valence-electron chi connectivity index (χ2n) is 10.6. The maximum atomic E-state index is 13.0. The van der Waals surface area contributed by atoms with Gasteiger partial charge in [0.2, 0.25) is 5.91 Å². The predicted molar refractivity (Wildman–Crippen MR) is 125 cm³/mol. The van der Waals surface area contributed by atoms with E-state index in [1.165, 1.54) is 24.0 Å². The Hall–Kier alpha value is -2.15. The normalized spacial score (nSPS) is 33.1. The van der Waals surface area contributed by atoms with Crippen molar-refractivity contribution in [2.45, 2.75) is 69.4 Å². The van der Waals surface area contributed by atoms with E-state index in [1.807, 2.05) is 23.1 Å². The molecule has 2 N–H and O–H groups in total. The number of rotatable bonds is 5. The highest BCUT2D eigenvalue weighted by atomic mass is 32.1. The minimum absolute atomic E-state index is 0.00966. The molecule has 1 unspecified atom stereocenters. The number of aromatic nitrogens is 1. The lowest BCUT2D eigenvalue weighted by atomic mass is 9.53. The smallest absolute Gasteiger partial charge is 0.315 e. The summed E-state index contributed by atoms with van der Waals surface area (Å²) in [5.41, 5.74) is 1.02. The van der Waals surface area contributed by atoms with Gasteiger partial charge in [0.25, 0.3) is 0 Å². The molecule has 4 saturated carbocycles. The molecule has 1 aliphatic heterocycles. The molecule has 1 aromatic heterocycles. The Bertz CT molecular complexity index is 966. The van der Waals surface area contributed by atoms with Crippen molar-refractivity contribution in [1.82, 2.24) is 20.5 Å². The van der Waals surface area contributed by atoms with E-state index < -0.39 is 0 Å². The number of hydrogen-bond donors (Lipinski definition) is 2. The monoisotopic (exact) mass is 452 g/mol. The Labute approximate surface area is 193 Å². The minimum atomic E-state index is -0.0936. The third kappa shape index (κ3) is 3.78. The fourth-order valence-electron chi connectivity index (χ4n) is 7.33. The first kappa shape index (κ1) is 20.5. The summed E-state index contributed by atoms with van der Waals surface area (Å²) >= 11 is 1.69. The van der Waals surface area contributed by atoms with E-state index in [0.29, 0.717) is 13.0 Å². The number of carbonyl (C=O) groups is 2. The average molecular weight is 453 g/mol. The summed E-state index contributed by atoms with van der Waals surface area (Å²) in [6, 6.07) is 8.13. The van der Waals surface area contributed by atoms with Gasteiger partial charge in [-0.15, -0.1) is 11.3 Å². The summed E-state index contributed by atoms with van der Waals surface area (Å²) in [7, 11) is 0. The zero-order valence-electron chi connectivity index (χ0n) is 18.5. The molecule has 4 aliphatic carbocycles. The topological polar surface area (TPSA) is 74.3 Å². The van der Waals surface area contributed by atoms with Crippen LogP contribution in [0.25, 0.3) is 10.2 Å². The maximum Gasteiger partial charge on any atom is 0.315 e. The fraction of sp³-hybridized carbons (Fsp3) is 0.640. The molecular weight excluding hydrogens is 420 g/mol. The summed E-state index contributed by atoms with van der Waals surface area (Å²) in [6.45, 7) is 1.17. The molecule has 7 heteroatoms. The number of fused-ring (bicyclic) bond motifs is 1. The van der Waals surface area contributed by atoms with E-state index in [9.17, 15) is 9.59 Å². The Balaban J connectivity index is 1.02. The van der Waals surface area contributed by atoms with Crippen LogP contribution >= 0.6 is 11.3 Å². The molecule has 170 valence electrons. The molecule has 6 nitrogen and oxygen atoms in total. The Morgan fingerprint density at radius 2 is 1.81 bits per heavy atom. The number of carbonyl (C=O) groups excluding carboxylic acids is 2. The third-order valence-corrected chi connectivity index (χ3v) is 9.35. The highest BCUT2D eigenvalue weighted by Crippen LogP contribution is 2.55. The van der Waals surface area contributed by atoms with E-state index >= 15 is 0 Å².